The maximum absolute atomic E-state index is 12.5. The first-order chi connectivity index (χ1) is 8.03. The quantitative estimate of drug-likeness (QED) is 0.818. The fourth-order valence-corrected chi connectivity index (χ4v) is 2.17. The molecule has 4 heteroatoms. The number of hydrogen-bond donors (Lipinski definition) is 1. The van der Waals surface area contributed by atoms with Crippen molar-refractivity contribution < 1.29 is 9.59 Å². The first-order valence-corrected chi connectivity index (χ1v) is 6.65. The van der Waals surface area contributed by atoms with E-state index in [4.69, 9.17) is 0 Å². The predicted molar refractivity (Wildman–Crippen MR) is 72.1 cm³/mol. The van der Waals surface area contributed by atoms with Gasteiger partial charge in [-0.3, -0.25) is 9.59 Å². The molecule has 0 aromatic rings. The molecule has 1 aliphatic rings. The van der Waals surface area contributed by atoms with Crippen LogP contribution in [-0.4, -0.2) is 34.8 Å². The molecule has 18 heavy (non-hydrogen) atoms. The SMILES string of the molecule is CC1CC(=O)NC(C)(C)C(=O)N1CCC(C)(C)C. The van der Waals surface area contributed by atoms with Gasteiger partial charge in [-0.05, 0) is 32.6 Å². The number of nitrogens with one attached hydrogen (secondary N) is 1. The van der Waals surface area contributed by atoms with Gasteiger partial charge in [0.05, 0.1) is 0 Å². The first kappa shape index (κ1) is 15.0. The molecule has 0 aromatic carbocycles. The molecule has 1 fully saturated rings. The maximum Gasteiger partial charge on any atom is 0.247 e. The molecule has 2 amide bonds. The summed E-state index contributed by atoms with van der Waals surface area (Å²) in [5.41, 5.74) is -0.604. The fourth-order valence-electron chi connectivity index (χ4n) is 2.17. The number of rotatable bonds is 2. The Kier molecular flexibility index (Phi) is 4.08. The summed E-state index contributed by atoms with van der Waals surface area (Å²) in [6.45, 7) is 12.7. The van der Waals surface area contributed by atoms with Crippen LogP contribution in [0.15, 0.2) is 0 Å². The van der Waals surface area contributed by atoms with Crippen LogP contribution in [0, 0.1) is 5.41 Å². The minimum absolute atomic E-state index is 0.0186. The van der Waals surface area contributed by atoms with Gasteiger partial charge in [0, 0.05) is 19.0 Å². The van der Waals surface area contributed by atoms with Crippen LogP contribution in [0.2, 0.25) is 0 Å². The van der Waals surface area contributed by atoms with Crippen LogP contribution in [-0.2, 0) is 9.59 Å². The van der Waals surface area contributed by atoms with Gasteiger partial charge in [-0.25, -0.2) is 0 Å². The van der Waals surface area contributed by atoms with Crippen molar-refractivity contribution in [2.24, 2.45) is 5.41 Å². The minimum atomic E-state index is -0.792. The Hall–Kier alpha value is -1.06. The third-order valence-electron chi connectivity index (χ3n) is 3.36. The van der Waals surface area contributed by atoms with Crippen LogP contribution in [0.25, 0.3) is 0 Å². The standard InChI is InChI=1S/C14H26N2O2/c1-10-9-11(17)15-14(5,6)12(18)16(10)8-7-13(2,3)4/h10H,7-9H2,1-6H3,(H,15,17). The fraction of sp³-hybridized carbons (Fsp3) is 0.857. The molecule has 0 bridgehead atoms. The molecule has 0 radical (unpaired) electrons. The van der Waals surface area contributed by atoms with Crippen molar-refractivity contribution in [3.8, 4) is 0 Å². The van der Waals surface area contributed by atoms with Gasteiger partial charge in [-0.15, -0.1) is 0 Å². The number of nitrogens with zero attached hydrogens (tertiary/aromatic N) is 1. The third-order valence-corrected chi connectivity index (χ3v) is 3.36. The van der Waals surface area contributed by atoms with Crippen molar-refractivity contribution in [2.75, 3.05) is 6.54 Å². The van der Waals surface area contributed by atoms with Crippen LogP contribution in [0.1, 0.15) is 54.4 Å². The molecule has 0 aromatic heterocycles. The zero-order valence-corrected chi connectivity index (χ0v) is 12.5. The highest BCUT2D eigenvalue weighted by atomic mass is 16.2. The maximum atomic E-state index is 12.5. The van der Waals surface area contributed by atoms with Crippen molar-refractivity contribution >= 4 is 11.8 Å². The van der Waals surface area contributed by atoms with Crippen molar-refractivity contribution in [1.82, 2.24) is 10.2 Å². The second-order valence-electron chi connectivity index (χ2n) is 7.04. The number of carbonyl (C=O) groups is 2. The van der Waals surface area contributed by atoms with Gasteiger partial charge in [0.15, 0.2) is 0 Å². The zero-order valence-electron chi connectivity index (χ0n) is 12.5. The van der Waals surface area contributed by atoms with Gasteiger partial charge in [-0.1, -0.05) is 20.8 Å². The first-order valence-electron chi connectivity index (χ1n) is 6.65. The predicted octanol–water partition coefficient (Wildman–Crippen LogP) is 1.94. The van der Waals surface area contributed by atoms with E-state index < -0.39 is 5.54 Å². The Balaban J connectivity index is 2.86. The lowest BCUT2D eigenvalue weighted by atomic mass is 9.91. The summed E-state index contributed by atoms with van der Waals surface area (Å²) in [5.74, 6) is -0.0239. The lowest BCUT2D eigenvalue weighted by molar-refractivity contribution is -0.138. The summed E-state index contributed by atoms with van der Waals surface area (Å²) in [6.07, 6.45) is 1.33. The molecule has 1 aliphatic heterocycles. The van der Waals surface area contributed by atoms with E-state index in [-0.39, 0.29) is 23.3 Å². The van der Waals surface area contributed by atoms with Crippen molar-refractivity contribution in [3.63, 3.8) is 0 Å². The van der Waals surface area contributed by atoms with Crippen molar-refractivity contribution in [3.05, 3.63) is 0 Å². The van der Waals surface area contributed by atoms with Crippen molar-refractivity contribution in [2.45, 2.75) is 66.0 Å². The highest BCUT2D eigenvalue weighted by Crippen LogP contribution is 2.23. The second-order valence-corrected chi connectivity index (χ2v) is 7.04. The van der Waals surface area contributed by atoms with Crippen LogP contribution >= 0.6 is 0 Å². The van der Waals surface area contributed by atoms with Crippen LogP contribution in [0.5, 0.6) is 0 Å². The number of carbonyl (C=O) groups excluding carboxylic acids is 2. The monoisotopic (exact) mass is 254 g/mol. The second kappa shape index (κ2) is 4.90. The molecule has 1 saturated heterocycles. The smallest absolute Gasteiger partial charge is 0.247 e. The third kappa shape index (κ3) is 3.72. The normalized spacial score (nSPS) is 24.8. The summed E-state index contributed by atoms with van der Waals surface area (Å²) in [7, 11) is 0. The molecule has 0 spiro atoms. The average molecular weight is 254 g/mol. The lowest BCUT2D eigenvalue weighted by Gasteiger charge is -2.34. The molecule has 1 rings (SSSR count). The van der Waals surface area contributed by atoms with Gasteiger partial charge < -0.3 is 10.2 Å². The van der Waals surface area contributed by atoms with Crippen LogP contribution in [0.4, 0.5) is 0 Å². The molecule has 1 heterocycles. The van der Waals surface area contributed by atoms with Crippen molar-refractivity contribution in [1.29, 1.82) is 0 Å². The highest BCUT2D eigenvalue weighted by molar-refractivity contribution is 5.93. The number of amides is 2. The molecule has 1 atom stereocenters. The largest absolute Gasteiger partial charge is 0.342 e. The minimum Gasteiger partial charge on any atom is -0.342 e. The van der Waals surface area contributed by atoms with Crippen LogP contribution in [0.3, 0.4) is 0 Å². The van der Waals surface area contributed by atoms with E-state index in [1.165, 1.54) is 0 Å². The topological polar surface area (TPSA) is 49.4 Å². The van der Waals surface area contributed by atoms with E-state index in [9.17, 15) is 9.59 Å². The van der Waals surface area contributed by atoms with Gasteiger partial charge >= 0.3 is 0 Å². The van der Waals surface area contributed by atoms with Gasteiger partial charge in [0.2, 0.25) is 11.8 Å². The molecule has 4 nitrogen and oxygen atoms in total. The van der Waals surface area contributed by atoms with Crippen LogP contribution < -0.4 is 5.32 Å². The van der Waals surface area contributed by atoms with E-state index in [1.54, 1.807) is 13.8 Å². The Bertz CT molecular complexity index is 342. The average Bonchev–Trinajstić information content (AvgIpc) is 2.19. The Morgan fingerprint density at radius 1 is 1.33 bits per heavy atom. The van der Waals surface area contributed by atoms with Gasteiger partial charge in [-0.2, -0.15) is 0 Å². The molecule has 0 aliphatic carbocycles. The Labute approximate surface area is 110 Å². The molecule has 104 valence electrons. The number of hydrogen-bond acceptors (Lipinski definition) is 2. The van der Waals surface area contributed by atoms with Gasteiger partial charge in [0.25, 0.3) is 0 Å². The molecule has 1 unspecified atom stereocenters. The highest BCUT2D eigenvalue weighted by Gasteiger charge is 2.39. The summed E-state index contributed by atoms with van der Waals surface area (Å²) < 4.78 is 0. The van der Waals surface area contributed by atoms with E-state index in [0.717, 1.165) is 6.42 Å². The van der Waals surface area contributed by atoms with E-state index in [0.29, 0.717) is 13.0 Å². The summed E-state index contributed by atoms with van der Waals surface area (Å²) >= 11 is 0. The Morgan fingerprint density at radius 2 is 1.89 bits per heavy atom. The molecule has 0 saturated carbocycles. The lowest BCUT2D eigenvalue weighted by Crippen LogP contribution is -2.54. The Morgan fingerprint density at radius 3 is 2.39 bits per heavy atom. The summed E-state index contributed by atoms with van der Waals surface area (Å²) in [5, 5.41) is 2.80. The zero-order chi connectivity index (χ0) is 14.1. The molecular weight excluding hydrogens is 228 g/mol. The molecular formula is C14H26N2O2. The van der Waals surface area contributed by atoms with E-state index in [2.05, 4.69) is 26.1 Å². The summed E-state index contributed by atoms with van der Waals surface area (Å²) in [6, 6.07) is -0.0263. The van der Waals surface area contributed by atoms with E-state index in [1.807, 2.05) is 11.8 Å². The molecule has 1 N–H and O–H groups in total. The van der Waals surface area contributed by atoms with E-state index >= 15 is 0 Å². The summed E-state index contributed by atoms with van der Waals surface area (Å²) in [4.78, 5) is 26.0. The van der Waals surface area contributed by atoms with Gasteiger partial charge in [0.1, 0.15) is 5.54 Å².